The highest BCUT2D eigenvalue weighted by atomic mass is 16.1. The molecular weight excluding hydrogens is 270 g/mol. The van der Waals surface area contributed by atoms with Crippen molar-refractivity contribution in [1.29, 1.82) is 0 Å². The van der Waals surface area contributed by atoms with Gasteiger partial charge in [0.2, 0.25) is 5.91 Å². The lowest BCUT2D eigenvalue weighted by molar-refractivity contribution is -0.125. The molecule has 1 N–H and O–H groups in total. The molecule has 1 unspecified atom stereocenters. The van der Waals surface area contributed by atoms with E-state index in [4.69, 9.17) is 0 Å². The van der Waals surface area contributed by atoms with Gasteiger partial charge < -0.3 is 5.32 Å². The van der Waals surface area contributed by atoms with E-state index in [-0.39, 0.29) is 11.8 Å². The van der Waals surface area contributed by atoms with E-state index in [1.165, 1.54) is 5.56 Å². The van der Waals surface area contributed by atoms with Gasteiger partial charge in [-0.25, -0.2) is 0 Å². The molecular formula is C20H25NO. The molecule has 0 saturated heterocycles. The second-order valence-corrected chi connectivity index (χ2v) is 6.22. The smallest absolute Gasteiger partial charge is 0.223 e. The van der Waals surface area contributed by atoms with Crippen molar-refractivity contribution < 1.29 is 4.79 Å². The summed E-state index contributed by atoms with van der Waals surface area (Å²) in [7, 11) is 0. The summed E-state index contributed by atoms with van der Waals surface area (Å²) >= 11 is 0. The molecule has 0 heterocycles. The fourth-order valence-electron chi connectivity index (χ4n) is 2.68. The Bertz CT molecular complexity index is 563. The first-order valence-corrected chi connectivity index (χ1v) is 8.00. The lowest BCUT2D eigenvalue weighted by Crippen LogP contribution is -2.32. The van der Waals surface area contributed by atoms with Crippen LogP contribution in [-0.2, 0) is 17.8 Å². The molecule has 0 saturated carbocycles. The Labute approximate surface area is 133 Å². The maximum absolute atomic E-state index is 12.5. The minimum atomic E-state index is 0.0334. The van der Waals surface area contributed by atoms with Crippen LogP contribution in [0.2, 0.25) is 0 Å². The summed E-state index contributed by atoms with van der Waals surface area (Å²) in [6.45, 7) is 4.94. The van der Waals surface area contributed by atoms with E-state index in [0.717, 1.165) is 18.4 Å². The summed E-state index contributed by atoms with van der Waals surface area (Å²) in [6, 6.07) is 20.3. The molecule has 0 aliphatic carbocycles. The van der Waals surface area contributed by atoms with Crippen LogP contribution in [0, 0.1) is 11.8 Å². The van der Waals surface area contributed by atoms with Crippen molar-refractivity contribution >= 4 is 5.91 Å². The van der Waals surface area contributed by atoms with Crippen LogP contribution >= 0.6 is 0 Å². The Morgan fingerprint density at radius 1 is 0.909 bits per heavy atom. The normalized spacial score (nSPS) is 12.1. The molecule has 0 aromatic heterocycles. The highest BCUT2D eigenvalue weighted by molar-refractivity contribution is 5.79. The highest BCUT2D eigenvalue weighted by Gasteiger charge is 2.20. The monoisotopic (exact) mass is 295 g/mol. The van der Waals surface area contributed by atoms with Gasteiger partial charge in [-0.3, -0.25) is 4.79 Å². The molecule has 2 nitrogen and oxygen atoms in total. The lowest BCUT2D eigenvalue weighted by atomic mass is 9.90. The minimum Gasteiger partial charge on any atom is -0.352 e. The molecule has 2 heteroatoms. The third kappa shape index (κ3) is 5.36. The van der Waals surface area contributed by atoms with Gasteiger partial charge in [-0.1, -0.05) is 74.5 Å². The Morgan fingerprint density at radius 2 is 1.45 bits per heavy atom. The van der Waals surface area contributed by atoms with Crippen LogP contribution in [0.5, 0.6) is 0 Å². The third-order valence-electron chi connectivity index (χ3n) is 3.76. The summed E-state index contributed by atoms with van der Waals surface area (Å²) in [4.78, 5) is 12.5. The summed E-state index contributed by atoms with van der Waals surface area (Å²) in [5.74, 6) is 0.698. The second kappa shape index (κ2) is 8.38. The Balaban J connectivity index is 1.96. The Morgan fingerprint density at radius 3 is 2.00 bits per heavy atom. The molecule has 0 aliphatic rings. The Hall–Kier alpha value is -2.09. The van der Waals surface area contributed by atoms with Crippen molar-refractivity contribution in [3.05, 3.63) is 71.8 Å². The number of carbonyl (C=O) groups excluding carboxylic acids is 1. The molecule has 1 atom stereocenters. The zero-order chi connectivity index (χ0) is 15.8. The predicted octanol–water partition coefficient (Wildman–Crippen LogP) is 4.21. The fraction of sp³-hybridized carbons (Fsp3) is 0.350. The van der Waals surface area contributed by atoms with Gasteiger partial charge in [0.1, 0.15) is 0 Å². The molecule has 0 aliphatic heterocycles. The number of hydrogen-bond acceptors (Lipinski definition) is 1. The van der Waals surface area contributed by atoms with E-state index in [1.54, 1.807) is 0 Å². The quantitative estimate of drug-likeness (QED) is 0.814. The zero-order valence-corrected chi connectivity index (χ0v) is 13.5. The molecule has 0 bridgehead atoms. The predicted molar refractivity (Wildman–Crippen MR) is 91.4 cm³/mol. The molecule has 2 aromatic rings. The first-order chi connectivity index (χ1) is 10.6. The van der Waals surface area contributed by atoms with Crippen molar-refractivity contribution in [3.63, 3.8) is 0 Å². The molecule has 2 aromatic carbocycles. The van der Waals surface area contributed by atoms with Crippen molar-refractivity contribution in [1.82, 2.24) is 5.32 Å². The first-order valence-electron chi connectivity index (χ1n) is 8.00. The molecule has 1 amide bonds. The molecule has 116 valence electrons. The van der Waals surface area contributed by atoms with Crippen LogP contribution in [0.4, 0.5) is 0 Å². The van der Waals surface area contributed by atoms with Gasteiger partial charge in [-0.15, -0.1) is 0 Å². The van der Waals surface area contributed by atoms with E-state index >= 15 is 0 Å². The van der Waals surface area contributed by atoms with Crippen LogP contribution in [-0.4, -0.2) is 5.91 Å². The van der Waals surface area contributed by atoms with Crippen LogP contribution in [0.1, 0.15) is 31.4 Å². The van der Waals surface area contributed by atoms with Gasteiger partial charge >= 0.3 is 0 Å². The summed E-state index contributed by atoms with van der Waals surface area (Å²) in [6.07, 6.45) is 1.72. The number of nitrogens with one attached hydrogen (secondary N) is 1. The van der Waals surface area contributed by atoms with E-state index in [9.17, 15) is 4.79 Å². The van der Waals surface area contributed by atoms with Crippen LogP contribution in [0.25, 0.3) is 0 Å². The van der Waals surface area contributed by atoms with Gasteiger partial charge in [0.15, 0.2) is 0 Å². The topological polar surface area (TPSA) is 29.1 Å². The van der Waals surface area contributed by atoms with E-state index in [2.05, 4.69) is 31.3 Å². The van der Waals surface area contributed by atoms with Crippen LogP contribution in [0.15, 0.2) is 60.7 Å². The Kier molecular flexibility index (Phi) is 6.20. The molecule has 0 spiro atoms. The largest absolute Gasteiger partial charge is 0.352 e. The number of carbonyl (C=O) groups is 1. The third-order valence-corrected chi connectivity index (χ3v) is 3.76. The summed E-state index contributed by atoms with van der Waals surface area (Å²) in [5, 5.41) is 3.09. The van der Waals surface area contributed by atoms with E-state index in [1.807, 2.05) is 48.5 Å². The van der Waals surface area contributed by atoms with Gasteiger partial charge in [0.05, 0.1) is 0 Å². The lowest BCUT2D eigenvalue weighted by Gasteiger charge is -2.19. The number of amides is 1. The van der Waals surface area contributed by atoms with Crippen molar-refractivity contribution in [3.8, 4) is 0 Å². The summed E-state index contributed by atoms with van der Waals surface area (Å²) in [5.41, 5.74) is 2.36. The second-order valence-electron chi connectivity index (χ2n) is 6.22. The van der Waals surface area contributed by atoms with Gasteiger partial charge in [-0.05, 0) is 29.9 Å². The molecule has 0 fully saturated rings. The van der Waals surface area contributed by atoms with E-state index in [0.29, 0.717) is 12.5 Å². The fourth-order valence-corrected chi connectivity index (χ4v) is 2.68. The van der Waals surface area contributed by atoms with Crippen LogP contribution < -0.4 is 5.32 Å². The van der Waals surface area contributed by atoms with E-state index < -0.39 is 0 Å². The van der Waals surface area contributed by atoms with Crippen molar-refractivity contribution in [2.24, 2.45) is 11.8 Å². The van der Waals surface area contributed by atoms with Gasteiger partial charge in [-0.2, -0.15) is 0 Å². The minimum absolute atomic E-state index is 0.0334. The van der Waals surface area contributed by atoms with Crippen molar-refractivity contribution in [2.75, 3.05) is 0 Å². The average molecular weight is 295 g/mol. The number of rotatable bonds is 7. The molecule has 0 radical (unpaired) electrons. The molecule has 22 heavy (non-hydrogen) atoms. The average Bonchev–Trinajstić information content (AvgIpc) is 2.53. The number of hydrogen-bond donors (Lipinski definition) is 1. The van der Waals surface area contributed by atoms with Crippen LogP contribution in [0.3, 0.4) is 0 Å². The maximum atomic E-state index is 12.5. The molecule has 2 rings (SSSR count). The van der Waals surface area contributed by atoms with Gasteiger partial charge in [0, 0.05) is 12.5 Å². The SMILES string of the molecule is CC(C)CC(Cc1ccccc1)C(=O)NCc1ccccc1. The first kappa shape index (κ1) is 16.3. The standard InChI is InChI=1S/C20H25NO/c1-16(2)13-19(14-17-9-5-3-6-10-17)20(22)21-15-18-11-7-4-8-12-18/h3-12,16,19H,13-15H2,1-2H3,(H,21,22). The maximum Gasteiger partial charge on any atom is 0.223 e. The van der Waals surface area contributed by atoms with Crippen molar-refractivity contribution in [2.45, 2.75) is 33.2 Å². The zero-order valence-electron chi connectivity index (χ0n) is 13.5. The number of benzene rings is 2. The summed E-state index contributed by atoms with van der Waals surface area (Å²) < 4.78 is 0. The highest BCUT2D eigenvalue weighted by Crippen LogP contribution is 2.18. The van der Waals surface area contributed by atoms with Gasteiger partial charge in [0.25, 0.3) is 0 Å².